The topological polar surface area (TPSA) is 34.4 Å². The Labute approximate surface area is 127 Å². The van der Waals surface area contributed by atoms with Crippen molar-refractivity contribution in [2.24, 2.45) is 12.0 Å². The van der Waals surface area contributed by atoms with Crippen molar-refractivity contribution in [2.75, 3.05) is 0 Å². The van der Waals surface area contributed by atoms with Crippen molar-refractivity contribution >= 4 is 27.5 Å². The molecule has 3 nitrogen and oxygen atoms in total. The van der Waals surface area contributed by atoms with Crippen LogP contribution in [0.15, 0.2) is 41.4 Å². The summed E-state index contributed by atoms with van der Waals surface area (Å²) in [6, 6.07) is 7.63. The minimum absolute atomic E-state index is 0.160. The van der Waals surface area contributed by atoms with Gasteiger partial charge in [-0.1, -0.05) is 23.5 Å². The van der Waals surface area contributed by atoms with E-state index in [0.717, 1.165) is 29.5 Å². The van der Waals surface area contributed by atoms with Crippen LogP contribution in [0.3, 0.4) is 0 Å². The van der Waals surface area contributed by atoms with Crippen LogP contribution in [-0.4, -0.2) is 10.5 Å². The molecule has 0 fully saturated rings. The van der Waals surface area contributed by atoms with Gasteiger partial charge in [-0.2, -0.15) is 4.99 Å². The molecule has 22 heavy (non-hydrogen) atoms. The Kier molecular flexibility index (Phi) is 3.58. The Hall–Kier alpha value is -2.41. The molecule has 0 spiro atoms. The molecule has 0 radical (unpaired) electrons. The third-order valence-corrected chi connectivity index (χ3v) is 4.24. The van der Waals surface area contributed by atoms with Crippen molar-refractivity contribution in [2.45, 2.75) is 0 Å². The van der Waals surface area contributed by atoms with Gasteiger partial charge in [0.15, 0.2) is 4.80 Å². The van der Waals surface area contributed by atoms with Crippen molar-refractivity contribution in [1.29, 1.82) is 0 Å². The molecule has 0 N–H and O–H groups in total. The molecule has 2 aromatic carbocycles. The van der Waals surface area contributed by atoms with Gasteiger partial charge in [-0.25, -0.2) is 13.2 Å². The van der Waals surface area contributed by atoms with Gasteiger partial charge in [0, 0.05) is 7.05 Å². The SMILES string of the molecule is Cn1c(=NC(=O)c2c(F)cccc2F)sc2cccc(F)c21. The summed E-state index contributed by atoms with van der Waals surface area (Å²) in [6.45, 7) is 0. The highest BCUT2D eigenvalue weighted by Crippen LogP contribution is 2.19. The molecule has 0 saturated carbocycles. The number of carbonyl (C=O) groups excluding carboxylic acids is 1. The maximum atomic E-state index is 13.8. The van der Waals surface area contributed by atoms with Crippen LogP contribution in [0.5, 0.6) is 0 Å². The number of carbonyl (C=O) groups is 1. The highest BCUT2D eigenvalue weighted by Gasteiger charge is 2.17. The first-order valence-electron chi connectivity index (χ1n) is 6.26. The smallest absolute Gasteiger partial charge is 0.285 e. The molecular formula is C15H9F3N2OS. The van der Waals surface area contributed by atoms with Gasteiger partial charge in [0.25, 0.3) is 5.91 Å². The second kappa shape index (κ2) is 5.42. The third-order valence-electron chi connectivity index (χ3n) is 3.15. The Balaban J connectivity index is 2.19. The Morgan fingerprint density at radius 1 is 1.05 bits per heavy atom. The quantitative estimate of drug-likeness (QED) is 0.676. The first-order chi connectivity index (χ1) is 10.5. The number of aryl methyl sites for hydroxylation is 1. The molecule has 0 aliphatic rings. The summed E-state index contributed by atoms with van der Waals surface area (Å²) in [7, 11) is 1.53. The van der Waals surface area contributed by atoms with Crippen molar-refractivity contribution < 1.29 is 18.0 Å². The lowest BCUT2D eigenvalue weighted by Crippen LogP contribution is -2.15. The number of para-hydroxylation sites is 1. The first-order valence-corrected chi connectivity index (χ1v) is 7.08. The van der Waals surface area contributed by atoms with Gasteiger partial charge in [-0.3, -0.25) is 4.79 Å². The van der Waals surface area contributed by atoms with Gasteiger partial charge in [0.05, 0.1) is 10.2 Å². The molecule has 0 aliphatic carbocycles. The summed E-state index contributed by atoms with van der Waals surface area (Å²) in [5.41, 5.74) is -0.437. The summed E-state index contributed by atoms with van der Waals surface area (Å²) in [4.78, 5) is 15.9. The summed E-state index contributed by atoms with van der Waals surface area (Å²) in [5.74, 6) is -3.47. The molecule has 0 unspecified atom stereocenters. The molecule has 0 bridgehead atoms. The van der Waals surface area contributed by atoms with Crippen LogP contribution in [0.1, 0.15) is 10.4 Å². The predicted molar refractivity (Wildman–Crippen MR) is 77.0 cm³/mol. The van der Waals surface area contributed by atoms with Crippen molar-refractivity contribution in [3.8, 4) is 0 Å². The maximum Gasteiger partial charge on any atom is 0.285 e. The van der Waals surface area contributed by atoms with Crippen LogP contribution in [0.4, 0.5) is 13.2 Å². The van der Waals surface area contributed by atoms with Crippen LogP contribution >= 0.6 is 11.3 Å². The molecule has 3 rings (SSSR count). The number of benzene rings is 2. The first kappa shape index (κ1) is 14.5. The lowest BCUT2D eigenvalue weighted by molar-refractivity contribution is 0.0990. The molecule has 1 amide bonds. The van der Waals surface area contributed by atoms with Gasteiger partial charge < -0.3 is 4.57 Å². The van der Waals surface area contributed by atoms with Crippen LogP contribution in [0.2, 0.25) is 0 Å². The van der Waals surface area contributed by atoms with Crippen molar-refractivity contribution in [3.05, 3.63) is 64.2 Å². The number of hydrogen-bond acceptors (Lipinski definition) is 2. The number of rotatable bonds is 1. The Morgan fingerprint density at radius 3 is 2.27 bits per heavy atom. The van der Waals surface area contributed by atoms with E-state index in [1.54, 1.807) is 6.07 Å². The summed E-state index contributed by atoms with van der Waals surface area (Å²) >= 11 is 1.06. The van der Waals surface area contributed by atoms with Crippen molar-refractivity contribution in [1.82, 2.24) is 4.57 Å². The van der Waals surface area contributed by atoms with E-state index in [2.05, 4.69) is 4.99 Å². The van der Waals surface area contributed by atoms with E-state index in [9.17, 15) is 18.0 Å². The fraction of sp³-hybridized carbons (Fsp3) is 0.0667. The van der Waals surface area contributed by atoms with E-state index < -0.39 is 28.9 Å². The highest BCUT2D eigenvalue weighted by atomic mass is 32.1. The largest absolute Gasteiger partial charge is 0.317 e. The van der Waals surface area contributed by atoms with E-state index in [4.69, 9.17) is 0 Å². The molecule has 1 heterocycles. The molecule has 3 aromatic rings. The monoisotopic (exact) mass is 322 g/mol. The minimum atomic E-state index is -1.04. The highest BCUT2D eigenvalue weighted by molar-refractivity contribution is 7.16. The fourth-order valence-corrected chi connectivity index (χ4v) is 3.14. The molecule has 0 atom stereocenters. The molecule has 1 aromatic heterocycles. The molecule has 0 aliphatic heterocycles. The predicted octanol–water partition coefficient (Wildman–Crippen LogP) is 3.40. The number of halogens is 3. The molecule has 0 saturated heterocycles. The van der Waals surface area contributed by atoms with Gasteiger partial charge in [0.1, 0.15) is 23.0 Å². The van der Waals surface area contributed by atoms with Gasteiger partial charge in [-0.05, 0) is 24.3 Å². The fourth-order valence-electron chi connectivity index (χ4n) is 2.11. The summed E-state index contributed by atoms with van der Waals surface area (Å²) in [6.07, 6.45) is 0. The van der Waals surface area contributed by atoms with Gasteiger partial charge in [-0.15, -0.1) is 0 Å². The molecule has 112 valence electrons. The second-order valence-electron chi connectivity index (χ2n) is 4.54. The minimum Gasteiger partial charge on any atom is -0.317 e. The number of amides is 1. The summed E-state index contributed by atoms with van der Waals surface area (Å²) in [5, 5.41) is 0. The summed E-state index contributed by atoms with van der Waals surface area (Å²) < 4.78 is 42.9. The number of nitrogens with zero attached hydrogens (tertiary/aromatic N) is 2. The molecular weight excluding hydrogens is 313 g/mol. The number of aromatic nitrogens is 1. The standard InChI is InChI=1S/C15H9F3N2OS/c1-20-13-10(18)6-3-7-11(13)22-15(20)19-14(21)12-8(16)4-2-5-9(12)17/h2-7H,1H3. The average molecular weight is 322 g/mol. The number of fused-ring (bicyclic) bond motifs is 1. The van der Waals surface area contributed by atoms with E-state index in [1.165, 1.54) is 23.7 Å². The van der Waals surface area contributed by atoms with Crippen LogP contribution in [-0.2, 0) is 7.05 Å². The van der Waals surface area contributed by atoms with E-state index in [0.29, 0.717) is 4.70 Å². The van der Waals surface area contributed by atoms with Gasteiger partial charge in [0.2, 0.25) is 0 Å². The van der Waals surface area contributed by atoms with Gasteiger partial charge >= 0.3 is 0 Å². The average Bonchev–Trinajstić information content (AvgIpc) is 2.76. The zero-order chi connectivity index (χ0) is 15.9. The van der Waals surface area contributed by atoms with E-state index >= 15 is 0 Å². The van der Waals surface area contributed by atoms with E-state index in [1.807, 2.05) is 0 Å². The zero-order valence-electron chi connectivity index (χ0n) is 11.3. The van der Waals surface area contributed by atoms with Crippen LogP contribution in [0.25, 0.3) is 10.2 Å². The van der Waals surface area contributed by atoms with Crippen LogP contribution in [0, 0.1) is 17.5 Å². The Bertz CT molecular complexity index is 939. The lowest BCUT2D eigenvalue weighted by atomic mass is 10.2. The maximum absolute atomic E-state index is 13.8. The molecule has 7 heteroatoms. The number of hydrogen-bond donors (Lipinski definition) is 0. The normalized spacial score (nSPS) is 12.1. The van der Waals surface area contributed by atoms with Crippen molar-refractivity contribution in [3.63, 3.8) is 0 Å². The second-order valence-corrected chi connectivity index (χ2v) is 5.55. The Morgan fingerprint density at radius 2 is 1.64 bits per heavy atom. The third kappa shape index (κ3) is 2.33. The lowest BCUT2D eigenvalue weighted by Gasteiger charge is -1.99. The van der Waals surface area contributed by atoms with E-state index in [-0.39, 0.29) is 10.3 Å². The van der Waals surface area contributed by atoms with Crippen LogP contribution < -0.4 is 4.80 Å². The zero-order valence-corrected chi connectivity index (χ0v) is 12.1. The number of thiazole rings is 1.